The van der Waals surface area contributed by atoms with Gasteiger partial charge in [0.2, 0.25) is 17.6 Å². The summed E-state index contributed by atoms with van der Waals surface area (Å²) in [6.45, 7) is 11.7. The molecular weight excluding hydrogens is 476 g/mol. The average molecular weight is 521 g/mol. The van der Waals surface area contributed by atoms with Crippen molar-refractivity contribution in [1.29, 1.82) is 0 Å². The normalized spacial score (nSPS) is 26.4. The summed E-state index contributed by atoms with van der Waals surface area (Å²) in [5.41, 5.74) is 4.36. The molecule has 0 aromatic rings. The highest BCUT2D eigenvalue weighted by Gasteiger charge is 2.69. The van der Waals surface area contributed by atoms with Crippen molar-refractivity contribution in [2.24, 2.45) is 28.9 Å². The van der Waals surface area contributed by atoms with Crippen LogP contribution in [0.15, 0.2) is 0 Å². The first-order valence-corrected chi connectivity index (χ1v) is 13.6. The number of hydrogen-bond acceptors (Lipinski definition) is 6. The minimum atomic E-state index is -1.10. The maximum atomic E-state index is 14.0. The molecule has 5 atom stereocenters. The number of hydrogen-bond donors (Lipinski definition) is 3. The van der Waals surface area contributed by atoms with Crippen molar-refractivity contribution in [3.05, 3.63) is 0 Å². The number of fused-ring (bicyclic) bond motifs is 1. The molecular formula is C27H44N4O6. The van der Waals surface area contributed by atoms with Crippen LogP contribution in [-0.2, 0) is 23.9 Å². The zero-order chi connectivity index (χ0) is 27.7. The summed E-state index contributed by atoms with van der Waals surface area (Å²) in [5, 5.41) is 5.54. The van der Waals surface area contributed by atoms with Gasteiger partial charge in [-0.15, -0.1) is 0 Å². The Morgan fingerprint density at radius 2 is 1.68 bits per heavy atom. The summed E-state index contributed by atoms with van der Waals surface area (Å²) in [7, 11) is 0. The second-order valence-electron chi connectivity index (χ2n) is 12.5. The van der Waals surface area contributed by atoms with Crippen molar-refractivity contribution in [1.82, 2.24) is 15.5 Å². The maximum absolute atomic E-state index is 14.0. The van der Waals surface area contributed by atoms with Crippen LogP contribution in [0.3, 0.4) is 0 Å². The lowest BCUT2D eigenvalue weighted by atomic mass is 9.83. The SMILES string of the molecule is CCCC(NC(=O)C1C2C(CN1C(=O)C(NC(=O)OC(C)(C)C)C1CCCCC1)C2(C)C)C(=O)C(N)=O. The lowest BCUT2D eigenvalue weighted by Gasteiger charge is -2.37. The number of rotatable bonds is 9. The van der Waals surface area contributed by atoms with E-state index in [0.717, 1.165) is 32.1 Å². The van der Waals surface area contributed by atoms with Crippen LogP contribution in [0.5, 0.6) is 0 Å². The van der Waals surface area contributed by atoms with Crippen LogP contribution in [-0.4, -0.2) is 64.8 Å². The number of carbonyl (C=O) groups excluding carboxylic acids is 5. The second-order valence-corrected chi connectivity index (χ2v) is 12.5. The van der Waals surface area contributed by atoms with E-state index < -0.39 is 47.4 Å². The topological polar surface area (TPSA) is 148 Å². The number of likely N-dealkylation sites (tertiary alicyclic amines) is 1. The maximum Gasteiger partial charge on any atom is 0.408 e. The van der Waals surface area contributed by atoms with E-state index >= 15 is 0 Å². The van der Waals surface area contributed by atoms with E-state index in [9.17, 15) is 24.0 Å². The molecule has 0 aromatic carbocycles. The van der Waals surface area contributed by atoms with Crippen molar-refractivity contribution in [2.45, 2.75) is 110 Å². The number of primary amides is 1. The van der Waals surface area contributed by atoms with Crippen LogP contribution in [0.2, 0.25) is 0 Å². The Bertz CT molecular complexity index is 920. The summed E-state index contributed by atoms with van der Waals surface area (Å²) < 4.78 is 5.46. The number of nitrogens with zero attached hydrogens (tertiary/aromatic N) is 1. The van der Waals surface area contributed by atoms with Crippen molar-refractivity contribution < 1.29 is 28.7 Å². The van der Waals surface area contributed by atoms with Gasteiger partial charge in [0.15, 0.2) is 0 Å². The van der Waals surface area contributed by atoms with Gasteiger partial charge in [0.1, 0.15) is 17.7 Å². The molecule has 4 N–H and O–H groups in total. The predicted molar refractivity (Wildman–Crippen MR) is 137 cm³/mol. The number of nitrogens with one attached hydrogen (secondary N) is 2. The molecule has 1 saturated heterocycles. The fourth-order valence-corrected chi connectivity index (χ4v) is 6.26. The lowest BCUT2D eigenvalue weighted by molar-refractivity contribution is -0.144. The van der Waals surface area contributed by atoms with E-state index in [2.05, 4.69) is 24.5 Å². The van der Waals surface area contributed by atoms with Crippen molar-refractivity contribution in [3.63, 3.8) is 0 Å². The van der Waals surface area contributed by atoms with Crippen LogP contribution in [0.4, 0.5) is 4.79 Å². The van der Waals surface area contributed by atoms with Crippen LogP contribution in [0.1, 0.15) is 86.5 Å². The number of nitrogens with two attached hydrogens (primary N) is 1. The molecule has 2 saturated carbocycles. The van der Waals surface area contributed by atoms with Crippen molar-refractivity contribution in [2.75, 3.05) is 6.54 Å². The zero-order valence-electron chi connectivity index (χ0n) is 23.1. The van der Waals surface area contributed by atoms with Gasteiger partial charge in [0.25, 0.3) is 5.91 Å². The van der Waals surface area contributed by atoms with Gasteiger partial charge < -0.3 is 26.0 Å². The Morgan fingerprint density at radius 1 is 1.05 bits per heavy atom. The van der Waals surface area contributed by atoms with Crippen molar-refractivity contribution in [3.8, 4) is 0 Å². The average Bonchev–Trinajstić information content (AvgIpc) is 3.14. The van der Waals surface area contributed by atoms with E-state index in [1.54, 1.807) is 25.7 Å². The molecule has 37 heavy (non-hydrogen) atoms. The molecule has 0 spiro atoms. The Morgan fingerprint density at radius 3 is 2.22 bits per heavy atom. The summed E-state index contributed by atoms with van der Waals surface area (Å²) in [5.74, 6) is -2.68. The second kappa shape index (κ2) is 11.0. The minimum Gasteiger partial charge on any atom is -0.444 e. The van der Waals surface area contributed by atoms with Gasteiger partial charge in [-0.05, 0) is 63.2 Å². The van der Waals surface area contributed by atoms with Gasteiger partial charge in [-0.2, -0.15) is 0 Å². The minimum absolute atomic E-state index is 0.0494. The monoisotopic (exact) mass is 520 g/mol. The Balaban J connectivity index is 1.85. The molecule has 0 bridgehead atoms. The third kappa shape index (κ3) is 6.44. The first kappa shape index (κ1) is 28.9. The third-order valence-electron chi connectivity index (χ3n) is 8.27. The predicted octanol–water partition coefficient (Wildman–Crippen LogP) is 2.28. The number of Topliss-reactive ketones (excluding diaryl/α,β-unsaturated/α-hetero) is 1. The zero-order valence-corrected chi connectivity index (χ0v) is 23.1. The molecule has 3 aliphatic rings. The molecule has 3 rings (SSSR count). The Hall–Kier alpha value is -2.65. The first-order valence-electron chi connectivity index (χ1n) is 13.6. The number of ketones is 1. The number of piperidine rings is 1. The highest BCUT2D eigenvalue weighted by molar-refractivity contribution is 6.37. The number of amides is 4. The molecule has 1 aliphatic heterocycles. The molecule has 5 unspecified atom stereocenters. The molecule has 10 nitrogen and oxygen atoms in total. The highest BCUT2D eigenvalue weighted by atomic mass is 16.6. The quantitative estimate of drug-likeness (QED) is 0.397. The third-order valence-corrected chi connectivity index (χ3v) is 8.27. The van der Waals surface area contributed by atoms with Gasteiger partial charge >= 0.3 is 6.09 Å². The van der Waals surface area contributed by atoms with Crippen LogP contribution < -0.4 is 16.4 Å². The van der Waals surface area contributed by atoms with Gasteiger partial charge in [0.05, 0.1) is 6.04 Å². The van der Waals surface area contributed by atoms with E-state index in [1.165, 1.54) is 0 Å². The van der Waals surface area contributed by atoms with Gasteiger partial charge in [-0.25, -0.2) is 4.79 Å². The number of alkyl carbamates (subject to hydrolysis) is 1. The first-order chi connectivity index (χ1) is 17.2. The highest BCUT2D eigenvalue weighted by Crippen LogP contribution is 2.65. The van der Waals surface area contributed by atoms with Crippen LogP contribution in [0, 0.1) is 23.2 Å². The molecule has 3 fully saturated rings. The Labute approximate surface area is 219 Å². The molecule has 1 heterocycles. The van der Waals surface area contributed by atoms with Gasteiger partial charge in [0, 0.05) is 6.54 Å². The number of ether oxygens (including phenoxy) is 1. The van der Waals surface area contributed by atoms with Gasteiger partial charge in [-0.3, -0.25) is 19.2 Å². The summed E-state index contributed by atoms with van der Waals surface area (Å²) in [6.07, 6.45) is 4.83. The molecule has 4 amide bonds. The molecule has 2 aliphatic carbocycles. The standard InChI is InChI=1S/C27H44N4O6/c1-7-11-17(21(32)22(28)33)29-23(34)20-18-16(27(18,5)6)14-31(20)24(35)19(15-12-9-8-10-13-15)30-25(36)37-26(2,3)4/h15-20H,7-14H2,1-6H3,(H2,28,33)(H,29,34)(H,30,36). The van der Waals surface area contributed by atoms with Crippen LogP contribution in [0.25, 0.3) is 0 Å². The van der Waals surface area contributed by atoms with E-state index in [-0.39, 0.29) is 35.5 Å². The Kier molecular flexibility index (Phi) is 8.59. The lowest BCUT2D eigenvalue weighted by Crippen LogP contribution is -2.59. The van der Waals surface area contributed by atoms with Crippen LogP contribution >= 0.6 is 0 Å². The summed E-state index contributed by atoms with van der Waals surface area (Å²) in [4.78, 5) is 65.8. The smallest absolute Gasteiger partial charge is 0.408 e. The molecule has 0 aromatic heterocycles. The van der Waals surface area contributed by atoms with E-state index in [1.807, 2.05) is 6.92 Å². The molecule has 208 valence electrons. The van der Waals surface area contributed by atoms with E-state index in [0.29, 0.717) is 13.0 Å². The largest absolute Gasteiger partial charge is 0.444 e. The summed E-state index contributed by atoms with van der Waals surface area (Å²) in [6, 6.07) is -2.62. The number of carbonyl (C=O) groups is 5. The van der Waals surface area contributed by atoms with Gasteiger partial charge in [-0.1, -0.05) is 46.5 Å². The molecule has 10 heteroatoms. The fourth-order valence-electron chi connectivity index (χ4n) is 6.26. The van der Waals surface area contributed by atoms with Crippen molar-refractivity contribution >= 4 is 29.6 Å². The fraction of sp³-hybridized carbons (Fsp3) is 0.815. The molecule has 0 radical (unpaired) electrons. The van der Waals surface area contributed by atoms with E-state index in [4.69, 9.17) is 10.5 Å². The summed E-state index contributed by atoms with van der Waals surface area (Å²) >= 11 is 0.